The number of benzene rings is 1. The second-order valence-corrected chi connectivity index (χ2v) is 11.9. The lowest BCUT2D eigenvalue weighted by Crippen LogP contribution is -2.22. The minimum Gasteiger partial charge on any atom is -0.384 e. The maximum atomic E-state index is 14.4. The van der Waals surface area contributed by atoms with Gasteiger partial charge in [0, 0.05) is 29.6 Å². The quantitative estimate of drug-likeness (QED) is 0.467. The van der Waals surface area contributed by atoms with Crippen molar-refractivity contribution in [3.05, 3.63) is 34.5 Å². The monoisotopic (exact) mass is 469 g/mol. The Morgan fingerprint density at radius 1 is 1.32 bits per heavy atom. The summed E-state index contributed by atoms with van der Waals surface area (Å²) in [6.45, 7) is 0.520. The zero-order chi connectivity index (χ0) is 20.4. The van der Waals surface area contributed by atoms with Gasteiger partial charge in [-0.05, 0) is 37.3 Å². The van der Waals surface area contributed by atoms with Crippen molar-refractivity contribution >= 4 is 54.4 Å². The summed E-state index contributed by atoms with van der Waals surface area (Å²) in [6, 6.07) is 2.14. The Kier molecular flexibility index (Phi) is 6.72. The van der Waals surface area contributed by atoms with E-state index in [1.54, 1.807) is 5.38 Å². The van der Waals surface area contributed by atoms with Gasteiger partial charge in [0.25, 0.3) is 10.0 Å². The van der Waals surface area contributed by atoms with Gasteiger partial charge in [-0.2, -0.15) is 10.6 Å². The molecule has 12 heteroatoms. The number of rotatable bonds is 7. The summed E-state index contributed by atoms with van der Waals surface area (Å²) in [6.07, 6.45) is 3.70. The predicted octanol–water partition coefficient (Wildman–Crippen LogP) is 4.70. The van der Waals surface area contributed by atoms with Gasteiger partial charge in [-0.25, -0.2) is 17.8 Å². The summed E-state index contributed by atoms with van der Waals surface area (Å²) in [4.78, 5) is 3.28. The Balaban J connectivity index is 1.62. The van der Waals surface area contributed by atoms with Crippen LogP contribution in [0.5, 0.6) is 0 Å². The van der Waals surface area contributed by atoms with Crippen LogP contribution in [0.4, 0.5) is 15.2 Å². The maximum Gasteiger partial charge on any atom is 0.266 e. The molecule has 4 N–H and O–H groups in total. The summed E-state index contributed by atoms with van der Waals surface area (Å²) >= 11 is 7.23. The molecule has 1 saturated heterocycles. The van der Waals surface area contributed by atoms with E-state index in [2.05, 4.69) is 15.0 Å². The average Bonchev–Trinajstić information content (AvgIpc) is 3.11. The van der Waals surface area contributed by atoms with Gasteiger partial charge < -0.3 is 5.32 Å². The molecule has 0 spiro atoms. The van der Waals surface area contributed by atoms with Gasteiger partial charge in [0.2, 0.25) is 0 Å². The van der Waals surface area contributed by atoms with E-state index in [9.17, 15) is 21.9 Å². The van der Waals surface area contributed by atoms with Crippen molar-refractivity contribution in [3.8, 4) is 0 Å². The summed E-state index contributed by atoms with van der Waals surface area (Å²) in [5.41, 5.74) is 0.312. The topological polar surface area (TPSA) is 112 Å². The van der Waals surface area contributed by atoms with Gasteiger partial charge in [-0.3, -0.25) is 13.8 Å². The van der Waals surface area contributed by atoms with Crippen LogP contribution in [-0.4, -0.2) is 40.6 Å². The van der Waals surface area contributed by atoms with Crippen molar-refractivity contribution in [1.29, 1.82) is 0 Å². The molecular formula is C16H21ClFN3O4S3. The molecular weight excluding hydrogens is 449 g/mol. The molecule has 0 radical (unpaired) electrons. The lowest BCUT2D eigenvalue weighted by molar-refractivity contribution is 0.407. The van der Waals surface area contributed by atoms with Gasteiger partial charge in [0.1, 0.15) is 10.7 Å². The molecule has 1 aromatic heterocycles. The Morgan fingerprint density at radius 2 is 2.04 bits per heavy atom. The first-order valence-electron chi connectivity index (χ1n) is 8.55. The van der Waals surface area contributed by atoms with Gasteiger partial charge in [-0.15, -0.1) is 11.3 Å². The number of nitrogens with zero attached hydrogens (tertiary/aromatic N) is 1. The predicted molar refractivity (Wildman–Crippen MR) is 113 cm³/mol. The highest BCUT2D eigenvalue weighted by Crippen LogP contribution is 2.46. The van der Waals surface area contributed by atoms with Crippen LogP contribution in [0.1, 0.15) is 19.3 Å². The Labute approximate surface area is 173 Å². The van der Waals surface area contributed by atoms with Crippen LogP contribution < -0.4 is 10.0 Å². The SMILES string of the molecule is O=S(=O)(Nc1nccs1)c1cc(Cl)c(NCCC2CCS(O)(O)CC2)cc1F. The molecule has 2 heterocycles. The first-order valence-corrected chi connectivity index (χ1v) is 13.2. The fourth-order valence-corrected chi connectivity index (χ4v) is 6.77. The average molecular weight is 470 g/mol. The minimum atomic E-state index is -4.14. The zero-order valence-electron chi connectivity index (χ0n) is 14.8. The minimum absolute atomic E-state index is 0.0961. The third-order valence-electron chi connectivity index (χ3n) is 4.54. The van der Waals surface area contributed by atoms with Crippen molar-refractivity contribution in [2.45, 2.75) is 24.2 Å². The smallest absolute Gasteiger partial charge is 0.266 e. The molecule has 0 saturated carbocycles. The molecule has 28 heavy (non-hydrogen) atoms. The highest BCUT2D eigenvalue weighted by Gasteiger charge is 2.24. The normalized spacial score (nSPS) is 18.6. The molecule has 7 nitrogen and oxygen atoms in total. The van der Waals surface area contributed by atoms with E-state index in [0.29, 0.717) is 29.7 Å². The molecule has 0 atom stereocenters. The number of nitrogens with one attached hydrogen (secondary N) is 2. The Bertz CT molecular complexity index is 915. The Morgan fingerprint density at radius 3 is 2.68 bits per heavy atom. The van der Waals surface area contributed by atoms with Crippen LogP contribution in [0.25, 0.3) is 0 Å². The highest BCUT2D eigenvalue weighted by molar-refractivity contribution is 8.24. The number of thiazole rings is 1. The molecule has 1 aliphatic rings. The summed E-state index contributed by atoms with van der Waals surface area (Å²) in [5, 5.41) is 4.87. The summed E-state index contributed by atoms with van der Waals surface area (Å²) in [5.74, 6) is 0.290. The second-order valence-electron chi connectivity index (χ2n) is 6.57. The fraction of sp³-hybridized carbons (Fsp3) is 0.438. The van der Waals surface area contributed by atoms with Crippen LogP contribution in [-0.2, 0) is 10.0 Å². The van der Waals surface area contributed by atoms with E-state index >= 15 is 0 Å². The maximum absolute atomic E-state index is 14.4. The molecule has 0 amide bonds. The molecule has 2 aromatic rings. The van der Waals surface area contributed by atoms with Crippen molar-refractivity contribution in [2.75, 3.05) is 28.1 Å². The van der Waals surface area contributed by atoms with Crippen molar-refractivity contribution in [3.63, 3.8) is 0 Å². The number of hydrogen-bond acceptors (Lipinski definition) is 7. The standard InChI is InChI=1S/C16H21ClFN3O4S3/c17-12-9-15(28(24,25)21-16-20-5-6-26-16)13(18)10-14(12)19-4-1-11-2-7-27(22,23)8-3-11/h5-6,9-11,19,22-23H,1-4,7-8H2,(H,20,21). The lowest BCUT2D eigenvalue weighted by Gasteiger charge is -2.39. The van der Waals surface area contributed by atoms with E-state index in [-0.39, 0.29) is 10.2 Å². The number of halogens is 2. The fourth-order valence-electron chi connectivity index (χ4n) is 2.97. The molecule has 0 bridgehead atoms. The van der Waals surface area contributed by atoms with Crippen LogP contribution in [0.2, 0.25) is 5.02 Å². The first-order chi connectivity index (χ1) is 13.2. The molecule has 0 unspecified atom stereocenters. The van der Waals surface area contributed by atoms with E-state index in [4.69, 9.17) is 11.6 Å². The Hall–Kier alpha value is -1.11. The van der Waals surface area contributed by atoms with Gasteiger partial charge in [0.15, 0.2) is 5.13 Å². The van der Waals surface area contributed by atoms with Crippen LogP contribution in [0.3, 0.4) is 0 Å². The molecule has 156 valence electrons. The molecule has 3 rings (SSSR count). The number of sulfonamides is 1. The van der Waals surface area contributed by atoms with Crippen LogP contribution >= 0.6 is 33.5 Å². The van der Waals surface area contributed by atoms with Gasteiger partial charge in [0.05, 0.1) is 10.7 Å². The van der Waals surface area contributed by atoms with Crippen molar-refractivity contribution in [2.24, 2.45) is 5.92 Å². The van der Waals surface area contributed by atoms with E-state index in [0.717, 1.165) is 42.7 Å². The molecule has 1 fully saturated rings. The number of aromatic nitrogens is 1. The van der Waals surface area contributed by atoms with E-state index in [1.165, 1.54) is 6.20 Å². The third-order valence-corrected chi connectivity index (χ3v) is 8.80. The number of anilines is 2. The van der Waals surface area contributed by atoms with Crippen molar-refractivity contribution < 1.29 is 21.9 Å². The van der Waals surface area contributed by atoms with E-state index < -0.39 is 31.3 Å². The van der Waals surface area contributed by atoms with Crippen LogP contribution in [0, 0.1) is 11.7 Å². The van der Waals surface area contributed by atoms with Crippen LogP contribution in [0.15, 0.2) is 28.6 Å². The highest BCUT2D eigenvalue weighted by atomic mass is 35.5. The van der Waals surface area contributed by atoms with Gasteiger partial charge in [-0.1, -0.05) is 11.6 Å². The van der Waals surface area contributed by atoms with Gasteiger partial charge >= 0.3 is 0 Å². The third kappa shape index (κ3) is 5.49. The first kappa shape index (κ1) is 21.6. The molecule has 1 aliphatic heterocycles. The molecule has 1 aromatic carbocycles. The lowest BCUT2D eigenvalue weighted by atomic mass is 9.99. The van der Waals surface area contributed by atoms with Crippen molar-refractivity contribution in [1.82, 2.24) is 4.98 Å². The summed E-state index contributed by atoms with van der Waals surface area (Å²) in [7, 11) is -6.54. The zero-order valence-corrected chi connectivity index (χ0v) is 18.0. The van der Waals surface area contributed by atoms with E-state index in [1.807, 2.05) is 0 Å². The second kappa shape index (κ2) is 8.72. The summed E-state index contributed by atoms with van der Waals surface area (Å²) < 4.78 is 60.6. The molecule has 0 aliphatic carbocycles. The largest absolute Gasteiger partial charge is 0.384 e. The number of hydrogen-bond donors (Lipinski definition) is 4.